The number of methoxy groups -OCH3 is 2. The van der Waals surface area contributed by atoms with Crippen molar-refractivity contribution in [1.29, 1.82) is 0 Å². The van der Waals surface area contributed by atoms with E-state index in [9.17, 15) is 4.79 Å². The average Bonchev–Trinajstić information content (AvgIpc) is 3.17. The lowest BCUT2D eigenvalue weighted by Gasteiger charge is -2.10. The second-order valence-corrected chi connectivity index (χ2v) is 5.67. The van der Waals surface area contributed by atoms with Crippen molar-refractivity contribution in [1.82, 2.24) is 30.5 Å². The molecule has 0 aliphatic carbocycles. The molecule has 0 fully saturated rings. The van der Waals surface area contributed by atoms with Crippen LogP contribution in [0.5, 0.6) is 11.5 Å². The van der Waals surface area contributed by atoms with Crippen molar-refractivity contribution in [3.8, 4) is 22.9 Å². The van der Waals surface area contributed by atoms with Gasteiger partial charge in [0.2, 0.25) is 11.7 Å². The summed E-state index contributed by atoms with van der Waals surface area (Å²) in [5.74, 6) is 1.61. The van der Waals surface area contributed by atoms with E-state index in [-0.39, 0.29) is 12.5 Å². The molecule has 1 amide bonds. The van der Waals surface area contributed by atoms with Gasteiger partial charge in [-0.1, -0.05) is 6.07 Å². The second kappa shape index (κ2) is 8.75. The van der Waals surface area contributed by atoms with Gasteiger partial charge in [0.15, 0.2) is 11.5 Å². The van der Waals surface area contributed by atoms with Crippen molar-refractivity contribution >= 4 is 5.91 Å². The van der Waals surface area contributed by atoms with Crippen molar-refractivity contribution in [2.45, 2.75) is 13.0 Å². The van der Waals surface area contributed by atoms with Gasteiger partial charge in [-0.3, -0.25) is 9.78 Å². The monoisotopic (exact) mass is 368 g/mol. The summed E-state index contributed by atoms with van der Waals surface area (Å²) in [6.45, 7) is 0.490. The lowest BCUT2D eigenvalue weighted by atomic mass is 10.1. The van der Waals surface area contributed by atoms with E-state index in [0.29, 0.717) is 30.3 Å². The molecule has 0 radical (unpaired) electrons. The number of benzene rings is 1. The summed E-state index contributed by atoms with van der Waals surface area (Å²) in [5, 5.41) is 14.9. The number of aromatic nitrogens is 5. The molecule has 1 N–H and O–H groups in total. The van der Waals surface area contributed by atoms with E-state index in [0.717, 1.165) is 11.1 Å². The Bertz CT molecular complexity index is 897. The van der Waals surface area contributed by atoms with Gasteiger partial charge in [-0.05, 0) is 41.5 Å². The van der Waals surface area contributed by atoms with Crippen LogP contribution in [0.25, 0.3) is 11.4 Å². The van der Waals surface area contributed by atoms with Crippen molar-refractivity contribution in [3.05, 3.63) is 48.3 Å². The first-order chi connectivity index (χ1) is 13.2. The molecule has 3 rings (SSSR count). The number of tetrazole rings is 1. The van der Waals surface area contributed by atoms with Crippen LogP contribution < -0.4 is 14.8 Å². The molecule has 2 aromatic heterocycles. The van der Waals surface area contributed by atoms with Crippen LogP contribution in [0.4, 0.5) is 0 Å². The van der Waals surface area contributed by atoms with Gasteiger partial charge < -0.3 is 14.8 Å². The number of ether oxygens (including phenoxy) is 2. The molecule has 0 spiro atoms. The summed E-state index contributed by atoms with van der Waals surface area (Å²) in [7, 11) is 3.19. The molecule has 0 saturated heterocycles. The summed E-state index contributed by atoms with van der Waals surface area (Å²) in [6, 6.07) is 9.24. The fourth-order valence-corrected chi connectivity index (χ4v) is 2.49. The molecule has 0 bridgehead atoms. The minimum Gasteiger partial charge on any atom is -0.493 e. The van der Waals surface area contributed by atoms with Crippen LogP contribution in [0.3, 0.4) is 0 Å². The molecule has 27 heavy (non-hydrogen) atoms. The lowest BCUT2D eigenvalue weighted by molar-refractivity contribution is -0.122. The van der Waals surface area contributed by atoms with Gasteiger partial charge in [0.05, 0.1) is 14.2 Å². The zero-order valence-corrected chi connectivity index (χ0v) is 15.1. The van der Waals surface area contributed by atoms with Crippen LogP contribution in [0.1, 0.15) is 5.56 Å². The molecule has 3 aromatic rings. The number of nitrogens with one attached hydrogen (secondary N) is 1. The van der Waals surface area contributed by atoms with Gasteiger partial charge in [0.1, 0.15) is 6.54 Å². The van der Waals surface area contributed by atoms with Crippen molar-refractivity contribution in [2.75, 3.05) is 20.8 Å². The van der Waals surface area contributed by atoms with Crippen LogP contribution in [-0.2, 0) is 17.8 Å². The first-order valence-corrected chi connectivity index (χ1v) is 8.35. The SMILES string of the molecule is COc1ccc(CCNC(=O)Cn2nnc(-c3ccncc3)n2)cc1OC. The van der Waals surface area contributed by atoms with E-state index in [1.165, 1.54) is 4.80 Å². The Labute approximate surface area is 156 Å². The minimum atomic E-state index is -0.186. The van der Waals surface area contributed by atoms with Gasteiger partial charge in [-0.15, -0.1) is 10.2 Å². The molecule has 2 heterocycles. The Balaban J connectivity index is 1.50. The second-order valence-electron chi connectivity index (χ2n) is 5.67. The summed E-state index contributed by atoms with van der Waals surface area (Å²) >= 11 is 0. The highest BCUT2D eigenvalue weighted by molar-refractivity contribution is 5.75. The van der Waals surface area contributed by atoms with Crippen LogP contribution in [-0.4, -0.2) is 51.9 Å². The standard InChI is InChI=1S/C18H20N6O3/c1-26-15-4-3-13(11-16(15)27-2)5-10-20-17(25)12-24-22-18(21-23-24)14-6-8-19-9-7-14/h3-4,6-9,11H,5,10,12H2,1-2H3,(H,20,25). The predicted octanol–water partition coefficient (Wildman–Crippen LogP) is 1.11. The molecule has 0 aliphatic heterocycles. The third-order valence-corrected chi connectivity index (χ3v) is 3.86. The molecular weight excluding hydrogens is 348 g/mol. The van der Waals surface area contributed by atoms with Gasteiger partial charge in [0.25, 0.3) is 0 Å². The maximum atomic E-state index is 12.1. The third kappa shape index (κ3) is 4.78. The summed E-state index contributed by atoms with van der Waals surface area (Å²) in [5.41, 5.74) is 1.83. The first-order valence-electron chi connectivity index (χ1n) is 8.35. The largest absolute Gasteiger partial charge is 0.493 e. The quantitative estimate of drug-likeness (QED) is 0.635. The summed E-state index contributed by atoms with van der Waals surface area (Å²) in [6.07, 6.45) is 3.97. The highest BCUT2D eigenvalue weighted by atomic mass is 16.5. The van der Waals surface area contributed by atoms with Crippen molar-refractivity contribution in [3.63, 3.8) is 0 Å². The van der Waals surface area contributed by atoms with Crippen LogP contribution in [0.15, 0.2) is 42.7 Å². The Morgan fingerprint density at radius 1 is 1.11 bits per heavy atom. The van der Waals surface area contributed by atoms with Crippen molar-refractivity contribution in [2.24, 2.45) is 0 Å². The number of carbonyl (C=O) groups excluding carboxylic acids is 1. The van der Waals surface area contributed by atoms with E-state index < -0.39 is 0 Å². The Hall–Kier alpha value is -3.49. The molecule has 9 nitrogen and oxygen atoms in total. The smallest absolute Gasteiger partial charge is 0.243 e. The van der Waals surface area contributed by atoms with Gasteiger partial charge in [-0.25, -0.2) is 0 Å². The molecule has 0 atom stereocenters. The zero-order chi connectivity index (χ0) is 19.1. The normalized spacial score (nSPS) is 10.4. The van der Waals surface area contributed by atoms with Crippen LogP contribution in [0, 0.1) is 0 Å². The van der Waals surface area contributed by atoms with Gasteiger partial charge in [-0.2, -0.15) is 4.80 Å². The number of hydrogen-bond donors (Lipinski definition) is 1. The van der Waals surface area contributed by atoms with Crippen LogP contribution >= 0.6 is 0 Å². The van der Waals surface area contributed by atoms with E-state index in [1.54, 1.807) is 38.7 Å². The minimum absolute atomic E-state index is 0.00399. The van der Waals surface area contributed by atoms with E-state index in [2.05, 4.69) is 25.7 Å². The summed E-state index contributed by atoms with van der Waals surface area (Å²) in [4.78, 5) is 17.3. The van der Waals surface area contributed by atoms with E-state index in [4.69, 9.17) is 9.47 Å². The van der Waals surface area contributed by atoms with E-state index >= 15 is 0 Å². The maximum Gasteiger partial charge on any atom is 0.243 e. The highest BCUT2D eigenvalue weighted by Crippen LogP contribution is 2.27. The van der Waals surface area contributed by atoms with Gasteiger partial charge in [0, 0.05) is 24.5 Å². The molecule has 9 heteroatoms. The molecule has 140 valence electrons. The molecule has 0 saturated carbocycles. The lowest BCUT2D eigenvalue weighted by Crippen LogP contribution is -2.30. The molecule has 0 unspecified atom stereocenters. The Morgan fingerprint density at radius 3 is 2.63 bits per heavy atom. The number of rotatable bonds is 8. The van der Waals surface area contributed by atoms with Crippen molar-refractivity contribution < 1.29 is 14.3 Å². The number of nitrogens with zero attached hydrogens (tertiary/aromatic N) is 5. The zero-order valence-electron chi connectivity index (χ0n) is 15.1. The molecule has 1 aromatic carbocycles. The van der Waals surface area contributed by atoms with Gasteiger partial charge >= 0.3 is 0 Å². The predicted molar refractivity (Wildman–Crippen MR) is 97.3 cm³/mol. The fourth-order valence-electron chi connectivity index (χ4n) is 2.49. The average molecular weight is 368 g/mol. The maximum absolute atomic E-state index is 12.1. The summed E-state index contributed by atoms with van der Waals surface area (Å²) < 4.78 is 10.5. The topological polar surface area (TPSA) is 104 Å². The Morgan fingerprint density at radius 2 is 1.89 bits per heavy atom. The third-order valence-electron chi connectivity index (χ3n) is 3.86. The van der Waals surface area contributed by atoms with E-state index in [1.807, 2.05) is 18.2 Å². The number of hydrogen-bond acceptors (Lipinski definition) is 7. The number of amides is 1. The van der Waals surface area contributed by atoms with Crippen LogP contribution in [0.2, 0.25) is 0 Å². The highest BCUT2D eigenvalue weighted by Gasteiger charge is 2.09. The number of carbonyl (C=O) groups is 1. The fraction of sp³-hybridized carbons (Fsp3) is 0.278. The number of pyridine rings is 1. The Kier molecular flexibility index (Phi) is 5.93. The molecular formula is C18H20N6O3. The first kappa shape index (κ1) is 18.3. The molecule has 0 aliphatic rings.